The van der Waals surface area contributed by atoms with Crippen LogP contribution in [0.5, 0.6) is 17.2 Å². The predicted octanol–water partition coefficient (Wildman–Crippen LogP) is 5.51. The summed E-state index contributed by atoms with van der Waals surface area (Å²) in [6.45, 7) is 8.00. The van der Waals surface area contributed by atoms with E-state index < -0.39 is 6.04 Å². The van der Waals surface area contributed by atoms with Crippen LogP contribution in [0.15, 0.2) is 84.9 Å². The van der Waals surface area contributed by atoms with Crippen LogP contribution in [0, 0.1) is 5.92 Å². The van der Waals surface area contributed by atoms with Gasteiger partial charge >= 0.3 is 0 Å². The van der Waals surface area contributed by atoms with Gasteiger partial charge in [-0.2, -0.15) is 0 Å². The van der Waals surface area contributed by atoms with Crippen LogP contribution in [0.1, 0.15) is 70.1 Å². The van der Waals surface area contributed by atoms with E-state index in [1.165, 1.54) is 29.7 Å². The molecule has 3 saturated heterocycles. The van der Waals surface area contributed by atoms with Gasteiger partial charge in [-0.3, -0.25) is 24.6 Å². The van der Waals surface area contributed by atoms with E-state index >= 15 is 0 Å². The summed E-state index contributed by atoms with van der Waals surface area (Å²) in [6.07, 6.45) is 2.96. The zero-order chi connectivity index (χ0) is 38.3. The van der Waals surface area contributed by atoms with Crippen LogP contribution in [0.25, 0.3) is 0 Å². The van der Waals surface area contributed by atoms with Crippen molar-refractivity contribution < 1.29 is 29.0 Å². The average Bonchev–Trinajstić information content (AvgIpc) is 3.55. The molecule has 3 atom stereocenters. The molecule has 0 spiro atoms. The molecule has 9 rings (SSSR count). The minimum atomic E-state index is -0.593. The van der Waals surface area contributed by atoms with Crippen LogP contribution < -0.4 is 24.6 Å². The molecule has 0 aromatic heterocycles. The molecule has 3 amide bonds. The quantitative estimate of drug-likeness (QED) is 0.225. The molecular weight excluding hydrogens is 707 g/mol. The highest BCUT2D eigenvalue weighted by Gasteiger charge is 2.39. The number of phenols is 1. The van der Waals surface area contributed by atoms with Gasteiger partial charge in [-0.05, 0) is 90.4 Å². The van der Waals surface area contributed by atoms with Crippen molar-refractivity contribution >= 4 is 29.1 Å². The topological polar surface area (TPSA) is 115 Å². The van der Waals surface area contributed by atoms with E-state index in [9.17, 15) is 19.5 Å². The summed E-state index contributed by atoms with van der Waals surface area (Å²) in [4.78, 5) is 46.4. The third-order valence-electron chi connectivity index (χ3n) is 12.7. The number of imide groups is 1. The number of nitrogens with zero attached hydrogens (tertiary/aromatic N) is 4. The van der Waals surface area contributed by atoms with Crippen molar-refractivity contribution in [2.75, 3.05) is 69.3 Å². The molecule has 2 N–H and O–H groups in total. The number of benzene rings is 4. The second kappa shape index (κ2) is 15.2. The summed E-state index contributed by atoms with van der Waals surface area (Å²) in [5, 5.41) is 12.6. The number of aromatic hydroxyl groups is 1. The first kappa shape index (κ1) is 36.1. The monoisotopic (exact) mass is 755 g/mol. The minimum Gasteiger partial charge on any atom is -0.508 e. The molecule has 3 fully saturated rings. The molecular formula is C45H49N5O6. The van der Waals surface area contributed by atoms with Gasteiger partial charge in [-0.1, -0.05) is 30.3 Å². The summed E-state index contributed by atoms with van der Waals surface area (Å²) in [5.41, 5.74) is 7.47. The molecule has 4 aromatic carbocycles. The largest absolute Gasteiger partial charge is 0.508 e. The fourth-order valence-electron chi connectivity index (χ4n) is 9.55. The maximum atomic E-state index is 13.2. The van der Waals surface area contributed by atoms with Gasteiger partial charge in [0.2, 0.25) is 11.8 Å². The molecule has 56 heavy (non-hydrogen) atoms. The zero-order valence-electron chi connectivity index (χ0n) is 31.9. The molecule has 11 heteroatoms. The van der Waals surface area contributed by atoms with Gasteiger partial charge in [0.25, 0.3) is 5.91 Å². The Morgan fingerprint density at radius 1 is 0.804 bits per heavy atom. The molecule has 5 heterocycles. The highest BCUT2D eigenvalue weighted by molar-refractivity contribution is 6.05. The Bertz CT molecular complexity index is 2120. The Morgan fingerprint density at radius 3 is 2.34 bits per heavy atom. The van der Waals surface area contributed by atoms with Crippen molar-refractivity contribution in [1.29, 1.82) is 0 Å². The fourth-order valence-corrected chi connectivity index (χ4v) is 9.55. The minimum absolute atomic E-state index is 0.0777. The number of carbonyl (C=O) groups is 3. The second-order valence-corrected chi connectivity index (χ2v) is 15.9. The van der Waals surface area contributed by atoms with Crippen molar-refractivity contribution in [2.24, 2.45) is 5.92 Å². The number of piperazine rings is 1. The summed E-state index contributed by atoms with van der Waals surface area (Å²) in [6, 6.07) is 28.3. The fraction of sp³-hybridized carbons (Fsp3) is 0.400. The van der Waals surface area contributed by atoms with Crippen LogP contribution in [-0.4, -0.2) is 98.2 Å². The lowest BCUT2D eigenvalue weighted by molar-refractivity contribution is -0.136. The van der Waals surface area contributed by atoms with Gasteiger partial charge < -0.3 is 29.3 Å². The molecule has 0 unspecified atom stereocenters. The van der Waals surface area contributed by atoms with Gasteiger partial charge in [0.15, 0.2) is 0 Å². The van der Waals surface area contributed by atoms with Crippen LogP contribution in [-0.2, 0) is 16.1 Å². The highest BCUT2D eigenvalue weighted by atomic mass is 16.5. The SMILES string of the molecule is COc1cccc([C@@H]2COc3cc(O)ccc3[C@@H]2c2ccc(N3CCC(CN4CCN(c5ccc6c(c5)CN([C@H]5CCC(=O)NC5=O)C6=O)CC4)CC3)cc2)c1. The molecule has 0 radical (unpaired) electrons. The Labute approximate surface area is 327 Å². The van der Waals surface area contributed by atoms with Crippen molar-refractivity contribution in [2.45, 2.75) is 50.1 Å². The van der Waals surface area contributed by atoms with E-state index in [1.807, 2.05) is 30.3 Å². The Kier molecular flexibility index (Phi) is 9.79. The van der Waals surface area contributed by atoms with Gasteiger partial charge in [0.05, 0.1) is 13.7 Å². The third-order valence-corrected chi connectivity index (χ3v) is 12.7. The molecule has 4 aromatic rings. The van der Waals surface area contributed by atoms with Crippen LogP contribution in [0.4, 0.5) is 11.4 Å². The first-order valence-corrected chi connectivity index (χ1v) is 20.0. The summed E-state index contributed by atoms with van der Waals surface area (Å²) < 4.78 is 11.8. The molecule has 5 aliphatic heterocycles. The molecule has 290 valence electrons. The van der Waals surface area contributed by atoms with E-state index in [2.05, 4.69) is 62.5 Å². The lowest BCUT2D eigenvalue weighted by Gasteiger charge is -2.40. The van der Waals surface area contributed by atoms with Crippen molar-refractivity contribution in [3.8, 4) is 17.2 Å². The highest BCUT2D eigenvalue weighted by Crippen LogP contribution is 2.47. The molecule has 0 aliphatic carbocycles. The zero-order valence-corrected chi connectivity index (χ0v) is 31.9. The lowest BCUT2D eigenvalue weighted by atomic mass is 9.76. The standard InChI is InChI=1S/C45H49N5O6/c1-55-36-4-2-3-31(24-36)39-28-56-41-25-35(51)10-12-38(41)43(39)30-5-7-33(8-6-30)48-17-15-29(16-18-48)26-47-19-21-49(22-20-47)34-9-11-37-32(23-34)27-50(45(37)54)40-13-14-42(52)46-44(40)53/h2-12,23-25,29,39-40,43,51H,13-22,26-28H2,1H3,(H,46,52,53)/t39-,40-,43-/m0/s1. The van der Waals surface area contributed by atoms with Crippen LogP contribution in [0.3, 0.4) is 0 Å². The number of ether oxygens (including phenoxy) is 2. The predicted molar refractivity (Wildman–Crippen MR) is 214 cm³/mol. The summed E-state index contributed by atoms with van der Waals surface area (Å²) in [5.74, 6) is 1.85. The number of fused-ring (bicyclic) bond motifs is 2. The number of carbonyl (C=O) groups excluding carboxylic acids is 3. The summed E-state index contributed by atoms with van der Waals surface area (Å²) >= 11 is 0. The normalized spacial score (nSPS) is 23.1. The van der Waals surface area contributed by atoms with Gasteiger partial charge in [-0.25, -0.2) is 0 Å². The number of phenolic OH excluding ortho intramolecular Hbond substituents is 1. The summed E-state index contributed by atoms with van der Waals surface area (Å²) in [7, 11) is 1.69. The maximum Gasteiger partial charge on any atom is 0.255 e. The van der Waals surface area contributed by atoms with Crippen molar-refractivity contribution in [1.82, 2.24) is 15.1 Å². The van der Waals surface area contributed by atoms with Gasteiger partial charge in [0.1, 0.15) is 23.3 Å². The number of amides is 3. The number of nitrogens with one attached hydrogen (secondary N) is 1. The molecule has 5 aliphatic rings. The van der Waals surface area contributed by atoms with Gasteiger partial charge in [0, 0.05) is 99.2 Å². The van der Waals surface area contributed by atoms with Crippen molar-refractivity contribution in [3.05, 3.63) is 113 Å². The van der Waals surface area contributed by atoms with E-state index in [0.717, 1.165) is 74.1 Å². The average molecular weight is 756 g/mol. The van der Waals surface area contributed by atoms with Crippen LogP contribution in [0.2, 0.25) is 0 Å². The van der Waals surface area contributed by atoms with E-state index in [0.29, 0.717) is 31.1 Å². The smallest absolute Gasteiger partial charge is 0.255 e. The van der Waals surface area contributed by atoms with E-state index in [4.69, 9.17) is 9.47 Å². The van der Waals surface area contributed by atoms with Crippen molar-refractivity contribution in [3.63, 3.8) is 0 Å². The number of piperidine rings is 2. The van der Waals surface area contributed by atoms with E-state index in [1.54, 1.807) is 24.1 Å². The number of methoxy groups -OCH3 is 1. The number of anilines is 2. The maximum absolute atomic E-state index is 13.2. The third kappa shape index (κ3) is 7.04. The second-order valence-electron chi connectivity index (χ2n) is 15.9. The first-order valence-electron chi connectivity index (χ1n) is 20.0. The Hall–Kier alpha value is -5.55. The number of hydrogen-bond donors (Lipinski definition) is 2. The number of rotatable bonds is 8. The Balaban J connectivity index is 0.787. The Morgan fingerprint density at radius 2 is 1.57 bits per heavy atom. The van der Waals surface area contributed by atoms with Gasteiger partial charge in [-0.15, -0.1) is 0 Å². The molecule has 11 nitrogen and oxygen atoms in total. The lowest BCUT2D eigenvalue weighted by Crippen LogP contribution is -2.52. The first-order chi connectivity index (χ1) is 27.3. The molecule has 0 saturated carbocycles. The number of hydrogen-bond acceptors (Lipinski definition) is 9. The molecule has 0 bridgehead atoms. The van der Waals surface area contributed by atoms with Crippen LogP contribution >= 0.6 is 0 Å². The van der Waals surface area contributed by atoms with E-state index in [-0.39, 0.29) is 41.7 Å².